The molecule has 1 aromatic carbocycles. The van der Waals surface area contributed by atoms with E-state index in [0.717, 1.165) is 19.3 Å². The molecule has 1 aromatic rings. The van der Waals surface area contributed by atoms with Crippen molar-refractivity contribution < 1.29 is 4.79 Å². The molecular weight excluding hydrogens is 245 g/mol. The first kappa shape index (κ1) is 11.7. The quantitative estimate of drug-likeness (QED) is 0.811. The number of halogens is 2. The standard InChI is InChI=1S/C12H13Cl2NO/c13-9-5-2-1-4-8(9)12(16)15-11-7-3-6-10(11)14/h1-2,4-5,10-11H,3,6-7H2,(H,15,16). The molecule has 2 nitrogen and oxygen atoms in total. The van der Waals surface area contributed by atoms with Gasteiger partial charge < -0.3 is 5.32 Å². The van der Waals surface area contributed by atoms with Crippen molar-refractivity contribution >= 4 is 29.1 Å². The van der Waals surface area contributed by atoms with Gasteiger partial charge in [-0.2, -0.15) is 0 Å². The minimum atomic E-state index is -0.136. The maximum Gasteiger partial charge on any atom is 0.253 e. The van der Waals surface area contributed by atoms with Crippen LogP contribution in [0.5, 0.6) is 0 Å². The Morgan fingerprint density at radius 3 is 2.69 bits per heavy atom. The molecule has 86 valence electrons. The maximum atomic E-state index is 11.9. The summed E-state index contributed by atoms with van der Waals surface area (Å²) in [5.41, 5.74) is 0.514. The largest absolute Gasteiger partial charge is 0.348 e. The number of carbonyl (C=O) groups excluding carboxylic acids is 1. The Kier molecular flexibility index (Phi) is 3.72. The van der Waals surface area contributed by atoms with E-state index in [2.05, 4.69) is 5.32 Å². The van der Waals surface area contributed by atoms with E-state index < -0.39 is 0 Å². The number of nitrogens with one attached hydrogen (secondary N) is 1. The molecule has 0 bridgehead atoms. The first-order valence-electron chi connectivity index (χ1n) is 5.38. The smallest absolute Gasteiger partial charge is 0.253 e. The fourth-order valence-corrected chi connectivity index (χ4v) is 2.53. The Morgan fingerprint density at radius 1 is 1.31 bits per heavy atom. The normalized spacial score (nSPS) is 24.4. The molecule has 1 fully saturated rings. The highest BCUT2D eigenvalue weighted by Gasteiger charge is 2.27. The van der Waals surface area contributed by atoms with Crippen LogP contribution in [0.2, 0.25) is 5.02 Å². The minimum absolute atomic E-state index is 0.0476. The van der Waals surface area contributed by atoms with Gasteiger partial charge in [-0.15, -0.1) is 11.6 Å². The third kappa shape index (κ3) is 2.50. The zero-order valence-corrected chi connectivity index (χ0v) is 10.3. The Balaban J connectivity index is 2.06. The van der Waals surface area contributed by atoms with E-state index in [4.69, 9.17) is 23.2 Å². The van der Waals surface area contributed by atoms with Crippen LogP contribution in [0.4, 0.5) is 0 Å². The molecule has 4 heteroatoms. The maximum absolute atomic E-state index is 11.9. The second kappa shape index (κ2) is 5.07. The minimum Gasteiger partial charge on any atom is -0.348 e. The topological polar surface area (TPSA) is 29.1 Å². The second-order valence-electron chi connectivity index (χ2n) is 4.01. The van der Waals surface area contributed by atoms with Crippen molar-refractivity contribution in [3.05, 3.63) is 34.9 Å². The number of hydrogen-bond acceptors (Lipinski definition) is 1. The Hall–Kier alpha value is -0.730. The molecule has 1 aliphatic rings. The lowest BCUT2D eigenvalue weighted by Crippen LogP contribution is -2.37. The molecule has 1 amide bonds. The van der Waals surface area contributed by atoms with Crippen LogP contribution in [0.1, 0.15) is 29.6 Å². The first-order chi connectivity index (χ1) is 7.68. The van der Waals surface area contributed by atoms with Gasteiger partial charge in [0.05, 0.1) is 16.0 Å². The third-order valence-electron chi connectivity index (χ3n) is 2.87. The molecule has 0 aromatic heterocycles. The summed E-state index contributed by atoms with van der Waals surface area (Å²) in [6.45, 7) is 0. The number of amides is 1. The summed E-state index contributed by atoms with van der Waals surface area (Å²) >= 11 is 12.0. The summed E-state index contributed by atoms with van der Waals surface area (Å²) in [7, 11) is 0. The van der Waals surface area contributed by atoms with Crippen molar-refractivity contribution in [2.75, 3.05) is 0 Å². The molecular formula is C12H13Cl2NO. The van der Waals surface area contributed by atoms with E-state index >= 15 is 0 Å². The van der Waals surface area contributed by atoms with Crippen LogP contribution in [0.25, 0.3) is 0 Å². The molecule has 2 atom stereocenters. The molecule has 16 heavy (non-hydrogen) atoms. The van der Waals surface area contributed by atoms with Crippen molar-refractivity contribution in [3.63, 3.8) is 0 Å². The van der Waals surface area contributed by atoms with E-state index in [-0.39, 0.29) is 17.3 Å². The van der Waals surface area contributed by atoms with Gasteiger partial charge in [0.25, 0.3) is 5.91 Å². The summed E-state index contributed by atoms with van der Waals surface area (Å²) in [6, 6.07) is 7.11. The summed E-state index contributed by atoms with van der Waals surface area (Å²) < 4.78 is 0. The Bertz CT molecular complexity index is 394. The Morgan fingerprint density at radius 2 is 2.06 bits per heavy atom. The fraction of sp³-hybridized carbons (Fsp3) is 0.417. The number of rotatable bonds is 2. The van der Waals surface area contributed by atoms with Gasteiger partial charge >= 0.3 is 0 Å². The highest BCUT2D eigenvalue weighted by molar-refractivity contribution is 6.33. The predicted octanol–water partition coefficient (Wildman–Crippen LogP) is 3.23. The lowest BCUT2D eigenvalue weighted by molar-refractivity contribution is 0.0938. The average molecular weight is 258 g/mol. The number of alkyl halides is 1. The summed E-state index contributed by atoms with van der Waals surface area (Å²) in [5, 5.41) is 3.45. The van der Waals surface area contributed by atoms with E-state index in [9.17, 15) is 4.79 Å². The lowest BCUT2D eigenvalue weighted by Gasteiger charge is -2.16. The van der Waals surface area contributed by atoms with Gasteiger partial charge in [-0.05, 0) is 31.4 Å². The van der Waals surface area contributed by atoms with Crippen LogP contribution < -0.4 is 5.32 Å². The van der Waals surface area contributed by atoms with Crippen molar-refractivity contribution in [2.45, 2.75) is 30.7 Å². The fourth-order valence-electron chi connectivity index (χ4n) is 1.97. The summed E-state index contributed by atoms with van der Waals surface area (Å²) in [4.78, 5) is 11.9. The van der Waals surface area contributed by atoms with Crippen molar-refractivity contribution in [1.29, 1.82) is 0 Å². The van der Waals surface area contributed by atoms with Gasteiger partial charge in [0, 0.05) is 6.04 Å². The van der Waals surface area contributed by atoms with Gasteiger partial charge in [-0.25, -0.2) is 0 Å². The average Bonchev–Trinajstić information content (AvgIpc) is 2.65. The zero-order valence-electron chi connectivity index (χ0n) is 8.75. The highest BCUT2D eigenvalue weighted by Crippen LogP contribution is 2.24. The molecule has 0 aliphatic heterocycles. The van der Waals surface area contributed by atoms with E-state index in [1.54, 1.807) is 24.3 Å². The van der Waals surface area contributed by atoms with Crippen molar-refractivity contribution in [1.82, 2.24) is 5.32 Å². The van der Waals surface area contributed by atoms with E-state index in [1.165, 1.54) is 0 Å². The van der Waals surface area contributed by atoms with Crippen LogP contribution in [0, 0.1) is 0 Å². The summed E-state index contributed by atoms with van der Waals surface area (Å²) in [6.07, 6.45) is 2.99. The monoisotopic (exact) mass is 257 g/mol. The molecule has 0 heterocycles. The first-order valence-corrected chi connectivity index (χ1v) is 6.19. The molecule has 1 saturated carbocycles. The molecule has 0 radical (unpaired) electrons. The van der Waals surface area contributed by atoms with Gasteiger partial charge in [-0.3, -0.25) is 4.79 Å². The molecule has 1 N–H and O–H groups in total. The lowest BCUT2D eigenvalue weighted by atomic mass is 10.2. The van der Waals surface area contributed by atoms with Gasteiger partial charge in [0.1, 0.15) is 0 Å². The SMILES string of the molecule is O=C(NC1CCCC1Cl)c1ccccc1Cl. The van der Waals surface area contributed by atoms with Crippen LogP contribution in [0.3, 0.4) is 0 Å². The van der Waals surface area contributed by atoms with Crippen molar-refractivity contribution in [3.8, 4) is 0 Å². The van der Waals surface area contributed by atoms with Crippen LogP contribution >= 0.6 is 23.2 Å². The number of benzene rings is 1. The molecule has 0 spiro atoms. The van der Waals surface area contributed by atoms with Crippen LogP contribution in [-0.4, -0.2) is 17.3 Å². The van der Waals surface area contributed by atoms with Crippen LogP contribution in [0.15, 0.2) is 24.3 Å². The predicted molar refractivity (Wildman–Crippen MR) is 66.2 cm³/mol. The van der Waals surface area contributed by atoms with E-state index in [1.807, 2.05) is 0 Å². The molecule has 0 saturated heterocycles. The zero-order chi connectivity index (χ0) is 11.5. The van der Waals surface area contributed by atoms with Gasteiger partial charge in [-0.1, -0.05) is 23.7 Å². The van der Waals surface area contributed by atoms with Crippen LogP contribution in [-0.2, 0) is 0 Å². The summed E-state index contributed by atoms with van der Waals surface area (Å²) in [5.74, 6) is -0.136. The number of carbonyl (C=O) groups is 1. The van der Waals surface area contributed by atoms with E-state index in [0.29, 0.717) is 10.6 Å². The molecule has 2 rings (SSSR count). The third-order valence-corrected chi connectivity index (χ3v) is 3.72. The second-order valence-corrected chi connectivity index (χ2v) is 4.97. The van der Waals surface area contributed by atoms with Gasteiger partial charge in [0.2, 0.25) is 0 Å². The Labute approximate surface area is 105 Å². The molecule has 1 aliphatic carbocycles. The van der Waals surface area contributed by atoms with Gasteiger partial charge in [0.15, 0.2) is 0 Å². The number of hydrogen-bond donors (Lipinski definition) is 1. The van der Waals surface area contributed by atoms with Crippen molar-refractivity contribution in [2.24, 2.45) is 0 Å². The molecule has 2 unspecified atom stereocenters. The highest BCUT2D eigenvalue weighted by atomic mass is 35.5.